The highest BCUT2D eigenvalue weighted by molar-refractivity contribution is 5.91. The van der Waals surface area contributed by atoms with Gasteiger partial charge in [-0.3, -0.25) is 14.6 Å². The zero-order chi connectivity index (χ0) is 24.4. The number of nitrogens with zero attached hydrogens (tertiary/aromatic N) is 5. The van der Waals surface area contributed by atoms with E-state index in [0.29, 0.717) is 13.1 Å². The molecule has 2 saturated heterocycles. The lowest BCUT2D eigenvalue weighted by molar-refractivity contribution is 0.0169. The van der Waals surface area contributed by atoms with Gasteiger partial charge in [-0.1, -0.05) is 24.3 Å². The van der Waals surface area contributed by atoms with E-state index in [4.69, 9.17) is 19.6 Å². The van der Waals surface area contributed by atoms with Gasteiger partial charge in [0.05, 0.1) is 36.7 Å². The van der Waals surface area contributed by atoms with Crippen LogP contribution in [0, 0.1) is 0 Å². The average Bonchev–Trinajstić information content (AvgIpc) is 3.29. The lowest BCUT2D eigenvalue weighted by Crippen LogP contribution is -2.43. The number of piperidine rings is 1. The molecule has 0 aliphatic carbocycles. The number of hydrogen-bond donors (Lipinski definition) is 0. The number of morpholine rings is 1. The van der Waals surface area contributed by atoms with Gasteiger partial charge in [-0.2, -0.15) is 5.10 Å². The molecule has 2 aliphatic heterocycles. The van der Waals surface area contributed by atoms with Crippen LogP contribution in [0.2, 0.25) is 0 Å². The number of carbonyl (C=O) groups excluding carboxylic acids is 1. The smallest absolute Gasteiger partial charge is 0.410 e. The molecule has 8 heteroatoms. The molecule has 4 heterocycles. The van der Waals surface area contributed by atoms with E-state index in [2.05, 4.69) is 33.8 Å². The summed E-state index contributed by atoms with van der Waals surface area (Å²) in [5.74, 6) is 0. The summed E-state index contributed by atoms with van der Waals surface area (Å²) in [6.07, 6.45) is 5.37. The van der Waals surface area contributed by atoms with Crippen LogP contribution in [-0.4, -0.2) is 75.7 Å². The standard InChI is InChI=1S/C27H35N5O3/c1-27(2,3)35-26(33)31-12-4-5-23(19-31)32-25-22(17-29-32)10-11-28-24(25)21-8-6-20(7-9-21)18-30-13-15-34-16-14-30/h6-11,17,23H,4-5,12-16,18-19H2,1-3H3. The lowest BCUT2D eigenvalue weighted by Gasteiger charge is -2.34. The minimum atomic E-state index is -0.506. The van der Waals surface area contributed by atoms with Gasteiger partial charge in [0, 0.05) is 49.9 Å². The summed E-state index contributed by atoms with van der Waals surface area (Å²) in [6, 6.07) is 10.8. The molecule has 1 unspecified atom stereocenters. The zero-order valence-electron chi connectivity index (χ0n) is 20.9. The first-order valence-corrected chi connectivity index (χ1v) is 12.6. The van der Waals surface area contributed by atoms with E-state index in [0.717, 1.165) is 67.8 Å². The topological polar surface area (TPSA) is 72.7 Å². The molecule has 3 aromatic rings. The third-order valence-electron chi connectivity index (χ3n) is 6.64. The lowest BCUT2D eigenvalue weighted by atomic mass is 10.0. The molecule has 1 atom stereocenters. The molecule has 2 fully saturated rings. The van der Waals surface area contributed by atoms with Gasteiger partial charge in [-0.25, -0.2) is 4.79 Å². The molecule has 2 aromatic heterocycles. The van der Waals surface area contributed by atoms with E-state index in [1.54, 1.807) is 0 Å². The molecule has 2 aliphatic rings. The molecule has 8 nitrogen and oxygen atoms in total. The molecule has 186 valence electrons. The van der Waals surface area contributed by atoms with E-state index in [9.17, 15) is 4.79 Å². The first-order chi connectivity index (χ1) is 16.9. The van der Waals surface area contributed by atoms with Crippen molar-refractivity contribution in [3.05, 3.63) is 48.3 Å². The Balaban J connectivity index is 1.38. The predicted molar refractivity (Wildman–Crippen MR) is 135 cm³/mol. The number of benzene rings is 1. The minimum absolute atomic E-state index is 0.0808. The van der Waals surface area contributed by atoms with Crippen LogP contribution in [0.1, 0.15) is 45.2 Å². The number of pyridine rings is 1. The van der Waals surface area contributed by atoms with E-state index in [1.165, 1.54) is 5.56 Å². The van der Waals surface area contributed by atoms with E-state index in [-0.39, 0.29) is 12.1 Å². The Labute approximate surface area is 206 Å². The van der Waals surface area contributed by atoms with Gasteiger partial charge in [-0.05, 0) is 45.2 Å². The number of likely N-dealkylation sites (tertiary alicyclic amines) is 1. The summed E-state index contributed by atoms with van der Waals surface area (Å²) in [7, 11) is 0. The Morgan fingerprint density at radius 2 is 1.89 bits per heavy atom. The third kappa shape index (κ3) is 5.49. The number of ether oxygens (including phenoxy) is 2. The number of aromatic nitrogens is 3. The number of carbonyl (C=O) groups is 1. The number of fused-ring (bicyclic) bond motifs is 1. The second-order valence-electron chi connectivity index (χ2n) is 10.5. The number of amides is 1. The number of hydrogen-bond acceptors (Lipinski definition) is 6. The summed E-state index contributed by atoms with van der Waals surface area (Å²) in [4.78, 5) is 21.7. The van der Waals surface area contributed by atoms with Gasteiger partial charge in [0.1, 0.15) is 5.60 Å². The van der Waals surface area contributed by atoms with Gasteiger partial charge in [0.2, 0.25) is 0 Å². The van der Waals surface area contributed by atoms with Crippen LogP contribution in [0.5, 0.6) is 0 Å². The maximum Gasteiger partial charge on any atom is 0.410 e. The quantitative estimate of drug-likeness (QED) is 0.551. The highest BCUT2D eigenvalue weighted by atomic mass is 16.6. The van der Waals surface area contributed by atoms with Crippen LogP contribution in [0.15, 0.2) is 42.7 Å². The summed E-state index contributed by atoms with van der Waals surface area (Å²) in [5, 5.41) is 5.80. The molecule has 35 heavy (non-hydrogen) atoms. The molecule has 5 rings (SSSR count). The second kappa shape index (κ2) is 9.95. The van der Waals surface area contributed by atoms with Crippen molar-refractivity contribution in [3.8, 4) is 11.3 Å². The molecule has 0 bridgehead atoms. The minimum Gasteiger partial charge on any atom is -0.444 e. The van der Waals surface area contributed by atoms with E-state index in [1.807, 2.05) is 44.1 Å². The maximum absolute atomic E-state index is 12.7. The van der Waals surface area contributed by atoms with Crippen molar-refractivity contribution in [1.82, 2.24) is 24.6 Å². The van der Waals surface area contributed by atoms with Crippen molar-refractivity contribution in [3.63, 3.8) is 0 Å². The van der Waals surface area contributed by atoms with Crippen LogP contribution < -0.4 is 0 Å². The van der Waals surface area contributed by atoms with Crippen LogP contribution in [0.25, 0.3) is 22.2 Å². The maximum atomic E-state index is 12.7. The Morgan fingerprint density at radius 1 is 1.11 bits per heavy atom. The molecular formula is C27H35N5O3. The van der Waals surface area contributed by atoms with Gasteiger partial charge < -0.3 is 14.4 Å². The molecule has 0 N–H and O–H groups in total. The Morgan fingerprint density at radius 3 is 2.63 bits per heavy atom. The fourth-order valence-corrected chi connectivity index (χ4v) is 4.92. The normalized spacial score (nSPS) is 19.7. The molecule has 0 radical (unpaired) electrons. The van der Waals surface area contributed by atoms with Crippen LogP contribution in [-0.2, 0) is 16.0 Å². The van der Waals surface area contributed by atoms with Crippen molar-refractivity contribution in [2.75, 3.05) is 39.4 Å². The van der Waals surface area contributed by atoms with Gasteiger partial charge in [0.25, 0.3) is 0 Å². The van der Waals surface area contributed by atoms with Crippen molar-refractivity contribution in [2.24, 2.45) is 0 Å². The summed E-state index contributed by atoms with van der Waals surface area (Å²) in [5.41, 5.74) is 3.80. The fraction of sp³-hybridized carbons (Fsp3) is 0.519. The predicted octanol–water partition coefficient (Wildman–Crippen LogP) is 4.50. The summed E-state index contributed by atoms with van der Waals surface area (Å²) < 4.78 is 13.2. The summed E-state index contributed by atoms with van der Waals surface area (Å²) >= 11 is 0. The summed E-state index contributed by atoms with van der Waals surface area (Å²) in [6.45, 7) is 11.5. The van der Waals surface area contributed by atoms with Gasteiger partial charge in [-0.15, -0.1) is 0 Å². The monoisotopic (exact) mass is 477 g/mol. The van der Waals surface area contributed by atoms with Gasteiger partial charge in [0.15, 0.2) is 0 Å². The van der Waals surface area contributed by atoms with Crippen molar-refractivity contribution >= 4 is 17.0 Å². The third-order valence-corrected chi connectivity index (χ3v) is 6.64. The van der Waals surface area contributed by atoms with E-state index >= 15 is 0 Å². The molecule has 0 saturated carbocycles. The Hall–Kier alpha value is -2.97. The fourth-order valence-electron chi connectivity index (χ4n) is 4.92. The second-order valence-corrected chi connectivity index (χ2v) is 10.5. The molecule has 1 aromatic carbocycles. The largest absolute Gasteiger partial charge is 0.444 e. The number of rotatable bonds is 4. The van der Waals surface area contributed by atoms with Crippen molar-refractivity contribution in [1.29, 1.82) is 0 Å². The Bertz CT molecular complexity index is 1160. The zero-order valence-corrected chi connectivity index (χ0v) is 20.9. The first kappa shape index (κ1) is 23.8. The molecular weight excluding hydrogens is 442 g/mol. The SMILES string of the molecule is CC(C)(C)OC(=O)N1CCCC(n2ncc3ccnc(-c4ccc(CN5CCOCC5)cc4)c32)C1. The van der Waals surface area contributed by atoms with Crippen LogP contribution in [0.4, 0.5) is 4.79 Å². The van der Waals surface area contributed by atoms with E-state index < -0.39 is 5.60 Å². The molecule has 1 amide bonds. The average molecular weight is 478 g/mol. The molecule has 0 spiro atoms. The van der Waals surface area contributed by atoms with Crippen LogP contribution in [0.3, 0.4) is 0 Å². The highest BCUT2D eigenvalue weighted by Crippen LogP contribution is 2.32. The van der Waals surface area contributed by atoms with Gasteiger partial charge >= 0.3 is 6.09 Å². The van der Waals surface area contributed by atoms with Crippen molar-refractivity contribution < 1.29 is 14.3 Å². The Kier molecular flexibility index (Phi) is 6.75. The van der Waals surface area contributed by atoms with Crippen molar-refractivity contribution in [2.45, 2.75) is 51.8 Å². The highest BCUT2D eigenvalue weighted by Gasteiger charge is 2.30. The first-order valence-electron chi connectivity index (χ1n) is 12.6. The van der Waals surface area contributed by atoms with Crippen LogP contribution >= 0.6 is 0 Å².